The van der Waals surface area contributed by atoms with Crippen molar-refractivity contribution in [3.05, 3.63) is 15.6 Å². The predicted octanol–water partition coefficient (Wildman–Crippen LogP) is 3.97. The van der Waals surface area contributed by atoms with Crippen LogP contribution in [0.15, 0.2) is 0 Å². The number of aromatic nitrogens is 1. The quantitative estimate of drug-likeness (QED) is 0.737. The minimum Gasteiger partial charge on any atom is -0.312 e. The molecule has 3 nitrogen and oxygen atoms in total. The lowest BCUT2D eigenvalue weighted by Gasteiger charge is -2.32. The number of likely N-dealkylation sites (tertiary alicyclic amines) is 1. The molecule has 1 aliphatic heterocycles. The fourth-order valence-corrected chi connectivity index (χ4v) is 4.14. The molecule has 21 heavy (non-hydrogen) atoms. The zero-order valence-electron chi connectivity index (χ0n) is 14.0. The Morgan fingerprint density at radius 1 is 1.33 bits per heavy atom. The molecule has 1 atom stereocenters. The third kappa shape index (κ3) is 5.04. The number of rotatable bonds is 8. The van der Waals surface area contributed by atoms with E-state index in [1.54, 1.807) is 0 Å². The highest BCUT2D eigenvalue weighted by Gasteiger charge is 2.20. The van der Waals surface area contributed by atoms with E-state index < -0.39 is 0 Å². The van der Waals surface area contributed by atoms with E-state index in [9.17, 15) is 0 Å². The van der Waals surface area contributed by atoms with Gasteiger partial charge in [-0.3, -0.25) is 4.90 Å². The van der Waals surface area contributed by atoms with Crippen LogP contribution in [0.2, 0.25) is 0 Å². The summed E-state index contributed by atoms with van der Waals surface area (Å²) in [7, 11) is 0. The number of hydrogen-bond donors (Lipinski definition) is 1. The monoisotopic (exact) mass is 309 g/mol. The lowest BCUT2D eigenvalue weighted by Crippen LogP contribution is -2.36. The van der Waals surface area contributed by atoms with Gasteiger partial charge >= 0.3 is 0 Å². The van der Waals surface area contributed by atoms with Gasteiger partial charge in [-0.1, -0.05) is 26.7 Å². The molecule has 1 aromatic heterocycles. The van der Waals surface area contributed by atoms with Gasteiger partial charge in [-0.05, 0) is 45.7 Å². The van der Waals surface area contributed by atoms with Crippen molar-refractivity contribution in [1.29, 1.82) is 0 Å². The highest BCUT2D eigenvalue weighted by molar-refractivity contribution is 7.11. The highest BCUT2D eigenvalue weighted by atomic mass is 32.1. The van der Waals surface area contributed by atoms with Crippen molar-refractivity contribution >= 4 is 11.3 Å². The lowest BCUT2D eigenvalue weighted by atomic mass is 10.0. The number of unbranched alkanes of at least 4 members (excludes halogenated alkanes) is 1. The lowest BCUT2D eigenvalue weighted by molar-refractivity contribution is 0.152. The molecule has 2 rings (SSSR count). The van der Waals surface area contributed by atoms with E-state index in [4.69, 9.17) is 4.98 Å². The number of hydrogen-bond acceptors (Lipinski definition) is 4. The van der Waals surface area contributed by atoms with Gasteiger partial charge in [0.1, 0.15) is 5.01 Å². The van der Waals surface area contributed by atoms with Crippen molar-refractivity contribution in [1.82, 2.24) is 15.2 Å². The van der Waals surface area contributed by atoms with E-state index in [-0.39, 0.29) is 0 Å². The summed E-state index contributed by atoms with van der Waals surface area (Å²) in [6, 6.07) is 0.721. The molecule has 0 bridgehead atoms. The maximum atomic E-state index is 4.89. The fourth-order valence-electron chi connectivity index (χ4n) is 2.99. The summed E-state index contributed by atoms with van der Waals surface area (Å²) in [5, 5.41) is 4.87. The van der Waals surface area contributed by atoms with E-state index >= 15 is 0 Å². The minimum absolute atomic E-state index is 0.721. The number of nitrogens with zero attached hydrogens (tertiary/aromatic N) is 2. The van der Waals surface area contributed by atoms with Gasteiger partial charge in [0.25, 0.3) is 0 Å². The van der Waals surface area contributed by atoms with Crippen LogP contribution in [0.4, 0.5) is 0 Å². The van der Waals surface area contributed by atoms with Crippen molar-refractivity contribution in [2.24, 2.45) is 0 Å². The molecule has 0 saturated carbocycles. The molecule has 1 fully saturated rings. The van der Waals surface area contributed by atoms with E-state index in [0.717, 1.165) is 32.1 Å². The molecule has 2 heterocycles. The molecule has 0 radical (unpaired) electrons. The van der Waals surface area contributed by atoms with Crippen LogP contribution < -0.4 is 5.32 Å². The molecule has 1 saturated heterocycles. The van der Waals surface area contributed by atoms with Gasteiger partial charge < -0.3 is 5.32 Å². The predicted molar refractivity (Wildman–Crippen MR) is 91.8 cm³/mol. The second-order valence-corrected chi connectivity index (χ2v) is 7.34. The van der Waals surface area contributed by atoms with Crippen LogP contribution in [0.5, 0.6) is 0 Å². The normalized spacial score (nSPS) is 20.0. The molecule has 4 heteroatoms. The van der Waals surface area contributed by atoms with E-state index in [2.05, 4.69) is 31.0 Å². The zero-order chi connectivity index (χ0) is 15.1. The summed E-state index contributed by atoms with van der Waals surface area (Å²) in [5.41, 5.74) is 1.31. The molecule has 0 aromatic carbocycles. The summed E-state index contributed by atoms with van der Waals surface area (Å²) in [4.78, 5) is 8.95. The molecule has 0 amide bonds. The summed E-state index contributed by atoms with van der Waals surface area (Å²) in [5.74, 6) is 0. The van der Waals surface area contributed by atoms with Crippen LogP contribution in [-0.2, 0) is 19.5 Å². The number of nitrogens with one attached hydrogen (secondary N) is 1. The Hall–Kier alpha value is -0.450. The summed E-state index contributed by atoms with van der Waals surface area (Å²) >= 11 is 1.92. The van der Waals surface area contributed by atoms with Crippen molar-refractivity contribution in [3.8, 4) is 0 Å². The van der Waals surface area contributed by atoms with Gasteiger partial charge in [-0.2, -0.15) is 0 Å². The standard InChI is InChI=1S/C17H31N3S/c1-4-6-10-18-12-16-15(5-2)19-17(21-16)13-20-11-8-7-9-14(20)3/h14,18H,4-13H2,1-3H3. The van der Waals surface area contributed by atoms with Gasteiger partial charge in [0.2, 0.25) is 0 Å². The van der Waals surface area contributed by atoms with Crippen molar-refractivity contribution < 1.29 is 0 Å². The van der Waals surface area contributed by atoms with Crippen molar-refractivity contribution in [3.63, 3.8) is 0 Å². The smallest absolute Gasteiger partial charge is 0.107 e. The first-order valence-corrected chi connectivity index (χ1v) is 9.48. The van der Waals surface area contributed by atoms with Crippen LogP contribution >= 0.6 is 11.3 Å². The molecule has 1 N–H and O–H groups in total. The Morgan fingerprint density at radius 2 is 2.19 bits per heavy atom. The maximum Gasteiger partial charge on any atom is 0.107 e. The summed E-state index contributed by atoms with van der Waals surface area (Å²) < 4.78 is 0. The SMILES string of the molecule is CCCCNCc1sc(CN2CCCCC2C)nc1CC. The van der Waals surface area contributed by atoms with E-state index in [0.29, 0.717) is 0 Å². The van der Waals surface area contributed by atoms with Crippen molar-refractivity contribution in [2.45, 2.75) is 78.4 Å². The Bertz CT molecular complexity index is 416. The zero-order valence-corrected chi connectivity index (χ0v) is 14.8. The Labute approximate surface area is 134 Å². The molecule has 1 aromatic rings. The third-order valence-corrected chi connectivity index (χ3v) is 5.51. The van der Waals surface area contributed by atoms with Gasteiger partial charge in [0, 0.05) is 17.5 Å². The molecule has 0 aliphatic carbocycles. The van der Waals surface area contributed by atoms with Gasteiger partial charge in [0.05, 0.1) is 12.2 Å². The first kappa shape index (κ1) is 16.9. The van der Waals surface area contributed by atoms with E-state index in [1.807, 2.05) is 11.3 Å². The topological polar surface area (TPSA) is 28.2 Å². The maximum absolute atomic E-state index is 4.89. The molecule has 1 aliphatic rings. The molecular formula is C17H31N3S. The van der Waals surface area contributed by atoms with Crippen LogP contribution in [-0.4, -0.2) is 29.0 Å². The van der Waals surface area contributed by atoms with E-state index in [1.165, 1.54) is 54.2 Å². The number of thiazole rings is 1. The Balaban J connectivity index is 1.92. The number of aryl methyl sites for hydroxylation is 1. The molecular weight excluding hydrogens is 278 g/mol. The average molecular weight is 310 g/mol. The Kier molecular flexibility index (Phi) is 7.14. The minimum atomic E-state index is 0.721. The summed E-state index contributed by atoms with van der Waals surface area (Å²) in [6.45, 7) is 11.2. The third-order valence-electron chi connectivity index (χ3n) is 4.43. The molecule has 120 valence electrons. The number of piperidine rings is 1. The van der Waals surface area contributed by atoms with Gasteiger partial charge in [0.15, 0.2) is 0 Å². The first-order valence-electron chi connectivity index (χ1n) is 8.66. The molecule has 1 unspecified atom stereocenters. The first-order chi connectivity index (χ1) is 10.2. The van der Waals surface area contributed by atoms with Crippen LogP contribution in [0, 0.1) is 0 Å². The average Bonchev–Trinajstić information content (AvgIpc) is 2.88. The van der Waals surface area contributed by atoms with Crippen molar-refractivity contribution in [2.75, 3.05) is 13.1 Å². The second kappa shape index (κ2) is 8.86. The van der Waals surface area contributed by atoms with Gasteiger partial charge in [-0.25, -0.2) is 4.98 Å². The van der Waals surface area contributed by atoms with Crippen LogP contribution in [0.3, 0.4) is 0 Å². The summed E-state index contributed by atoms with van der Waals surface area (Å²) in [6.07, 6.45) is 7.66. The second-order valence-electron chi connectivity index (χ2n) is 6.18. The fraction of sp³-hybridized carbons (Fsp3) is 0.824. The van der Waals surface area contributed by atoms with Crippen LogP contribution in [0.25, 0.3) is 0 Å². The Morgan fingerprint density at radius 3 is 2.90 bits per heavy atom. The van der Waals surface area contributed by atoms with Gasteiger partial charge in [-0.15, -0.1) is 11.3 Å². The van der Waals surface area contributed by atoms with Crippen LogP contribution in [0.1, 0.15) is 68.5 Å². The molecule has 0 spiro atoms. The highest BCUT2D eigenvalue weighted by Crippen LogP contribution is 2.24. The largest absolute Gasteiger partial charge is 0.312 e.